The smallest absolute Gasteiger partial charge is 0.282 e. The summed E-state index contributed by atoms with van der Waals surface area (Å²) in [5.74, 6) is -2.66. The summed E-state index contributed by atoms with van der Waals surface area (Å²) in [5, 5.41) is 3.89. The molecular weight excluding hydrogens is 369 g/mol. The Morgan fingerprint density at radius 3 is 2.36 bits per heavy atom. The molecule has 0 aliphatic carbocycles. The lowest BCUT2D eigenvalue weighted by Gasteiger charge is -2.11. The number of rotatable bonds is 5. The molecule has 2 aromatic carbocycles. The van der Waals surface area contributed by atoms with E-state index >= 15 is 0 Å². The van der Waals surface area contributed by atoms with Gasteiger partial charge in [0.15, 0.2) is 5.78 Å². The first-order valence-electron chi connectivity index (χ1n) is 8.63. The normalized spacial score (nSPS) is 11.1. The molecule has 28 heavy (non-hydrogen) atoms. The zero-order valence-corrected chi connectivity index (χ0v) is 15.2. The molecule has 1 heterocycles. The van der Waals surface area contributed by atoms with Crippen LogP contribution in [0.15, 0.2) is 53.5 Å². The average Bonchev–Trinajstić information content (AvgIpc) is 2.65. The molecule has 4 nitrogen and oxygen atoms in total. The van der Waals surface area contributed by atoms with Crippen molar-refractivity contribution < 1.29 is 18.0 Å². The van der Waals surface area contributed by atoms with Crippen molar-refractivity contribution in [3.05, 3.63) is 93.2 Å². The molecule has 1 aromatic heterocycles. The molecular formula is C21H17F3N2O2. The second-order valence-electron chi connectivity index (χ2n) is 6.66. The maximum Gasteiger partial charge on any atom is 0.282 e. The van der Waals surface area contributed by atoms with E-state index in [4.69, 9.17) is 0 Å². The fourth-order valence-electron chi connectivity index (χ4n) is 2.84. The van der Waals surface area contributed by atoms with Gasteiger partial charge in [-0.15, -0.1) is 0 Å². The highest BCUT2D eigenvalue weighted by Crippen LogP contribution is 2.23. The van der Waals surface area contributed by atoms with E-state index in [2.05, 4.69) is 5.10 Å². The van der Waals surface area contributed by atoms with Crippen LogP contribution in [0.3, 0.4) is 0 Å². The fraction of sp³-hybridized carbons (Fsp3) is 0.190. The number of hydrogen-bond donors (Lipinski definition) is 0. The van der Waals surface area contributed by atoms with Gasteiger partial charge < -0.3 is 0 Å². The highest BCUT2D eigenvalue weighted by atomic mass is 19.1. The Morgan fingerprint density at radius 2 is 1.71 bits per heavy atom. The summed E-state index contributed by atoms with van der Waals surface area (Å²) in [4.78, 5) is 25.2. The number of nitrogens with zero attached hydrogens (tertiary/aromatic N) is 2. The highest BCUT2D eigenvalue weighted by Gasteiger charge is 2.19. The van der Waals surface area contributed by atoms with Crippen LogP contribution in [-0.4, -0.2) is 15.6 Å². The van der Waals surface area contributed by atoms with Gasteiger partial charge in [-0.05, 0) is 59.5 Å². The topological polar surface area (TPSA) is 52.0 Å². The zero-order valence-electron chi connectivity index (χ0n) is 15.2. The summed E-state index contributed by atoms with van der Waals surface area (Å²) >= 11 is 0. The van der Waals surface area contributed by atoms with Gasteiger partial charge in [-0.1, -0.05) is 13.8 Å². The Bertz CT molecular complexity index is 1090. The molecule has 3 aromatic rings. The van der Waals surface area contributed by atoms with Gasteiger partial charge in [0.05, 0.1) is 11.3 Å². The standard InChI is InChI=1S/C21H17F3N2O2/c1-12(2)17-11-18(23)13(9-19(17)24)10-20(27)16-7-8-25-26(21(16)28)15-5-3-14(22)4-6-15/h3-9,11-12H,10H2,1-2H3. The second kappa shape index (κ2) is 7.80. The first kappa shape index (κ1) is 19.5. The maximum absolute atomic E-state index is 14.3. The lowest BCUT2D eigenvalue weighted by atomic mass is 9.97. The van der Waals surface area contributed by atoms with E-state index in [1.54, 1.807) is 13.8 Å². The zero-order chi connectivity index (χ0) is 20.4. The first-order valence-corrected chi connectivity index (χ1v) is 8.63. The van der Waals surface area contributed by atoms with Crippen LogP contribution in [0.1, 0.15) is 41.3 Å². The van der Waals surface area contributed by atoms with Crippen LogP contribution in [-0.2, 0) is 6.42 Å². The van der Waals surface area contributed by atoms with Gasteiger partial charge in [-0.2, -0.15) is 9.78 Å². The minimum atomic E-state index is -0.723. The first-order chi connectivity index (χ1) is 13.3. The van der Waals surface area contributed by atoms with Crippen molar-refractivity contribution in [2.45, 2.75) is 26.2 Å². The SMILES string of the molecule is CC(C)c1cc(F)c(CC(=O)c2ccnn(-c3ccc(F)cc3)c2=O)cc1F. The van der Waals surface area contributed by atoms with Gasteiger partial charge in [0.1, 0.15) is 17.5 Å². The van der Waals surface area contributed by atoms with Crippen molar-refractivity contribution >= 4 is 5.78 Å². The molecule has 0 amide bonds. The van der Waals surface area contributed by atoms with E-state index in [9.17, 15) is 22.8 Å². The number of benzene rings is 2. The van der Waals surface area contributed by atoms with Crippen molar-refractivity contribution in [2.75, 3.05) is 0 Å². The number of halogens is 3. The molecule has 0 saturated heterocycles. The predicted octanol–water partition coefficient (Wildman–Crippen LogP) is 4.20. The van der Waals surface area contributed by atoms with Gasteiger partial charge in [-0.3, -0.25) is 9.59 Å². The van der Waals surface area contributed by atoms with Crippen molar-refractivity contribution in [3.63, 3.8) is 0 Å². The minimum Gasteiger partial charge on any atom is -0.294 e. The molecule has 0 radical (unpaired) electrons. The Kier molecular flexibility index (Phi) is 5.44. The molecule has 0 aliphatic rings. The van der Waals surface area contributed by atoms with Crippen LogP contribution in [0.5, 0.6) is 0 Å². The van der Waals surface area contributed by atoms with Gasteiger partial charge in [0.2, 0.25) is 0 Å². The number of ketones is 1. The van der Waals surface area contributed by atoms with E-state index in [1.165, 1.54) is 24.4 Å². The third kappa shape index (κ3) is 3.88. The molecule has 0 bridgehead atoms. The van der Waals surface area contributed by atoms with Crippen LogP contribution in [0, 0.1) is 17.5 Å². The lowest BCUT2D eigenvalue weighted by Crippen LogP contribution is -2.27. The molecule has 0 unspecified atom stereocenters. The molecule has 0 fully saturated rings. The number of carbonyl (C=O) groups is 1. The van der Waals surface area contributed by atoms with Crippen LogP contribution in [0.2, 0.25) is 0 Å². The Labute approximate surface area is 159 Å². The summed E-state index contributed by atoms with van der Waals surface area (Å²) in [6.45, 7) is 3.47. The van der Waals surface area contributed by atoms with Gasteiger partial charge >= 0.3 is 0 Å². The van der Waals surface area contributed by atoms with E-state index in [1.807, 2.05) is 0 Å². The van der Waals surface area contributed by atoms with E-state index in [-0.39, 0.29) is 28.3 Å². The minimum absolute atomic E-state index is 0.128. The monoisotopic (exact) mass is 386 g/mol. The Balaban J connectivity index is 1.94. The number of carbonyl (C=O) groups excluding carboxylic acids is 1. The highest BCUT2D eigenvalue weighted by molar-refractivity contribution is 5.97. The van der Waals surface area contributed by atoms with Crippen LogP contribution < -0.4 is 5.56 Å². The summed E-state index contributed by atoms with van der Waals surface area (Å²) in [5.41, 5.74) is -0.571. The molecule has 7 heteroatoms. The summed E-state index contributed by atoms with van der Waals surface area (Å²) < 4.78 is 42.5. The maximum atomic E-state index is 14.3. The fourth-order valence-corrected chi connectivity index (χ4v) is 2.84. The molecule has 0 aliphatic heterocycles. The second-order valence-corrected chi connectivity index (χ2v) is 6.66. The molecule has 3 rings (SSSR count). The Morgan fingerprint density at radius 1 is 1.04 bits per heavy atom. The average molecular weight is 386 g/mol. The van der Waals surface area contributed by atoms with Crippen LogP contribution in [0.25, 0.3) is 5.69 Å². The van der Waals surface area contributed by atoms with Crippen molar-refractivity contribution in [2.24, 2.45) is 0 Å². The van der Waals surface area contributed by atoms with Gasteiger partial charge in [0, 0.05) is 12.6 Å². The van der Waals surface area contributed by atoms with E-state index < -0.39 is 35.2 Å². The van der Waals surface area contributed by atoms with Crippen LogP contribution >= 0.6 is 0 Å². The predicted molar refractivity (Wildman–Crippen MR) is 98.3 cm³/mol. The molecule has 0 saturated carbocycles. The third-order valence-corrected chi connectivity index (χ3v) is 4.36. The third-order valence-electron chi connectivity index (χ3n) is 4.36. The van der Waals surface area contributed by atoms with Crippen LogP contribution in [0.4, 0.5) is 13.2 Å². The molecule has 0 atom stereocenters. The summed E-state index contributed by atoms with van der Waals surface area (Å²) in [6, 6.07) is 8.30. The Hall–Kier alpha value is -3.22. The van der Waals surface area contributed by atoms with Gasteiger partial charge in [-0.25, -0.2) is 13.2 Å². The van der Waals surface area contributed by atoms with E-state index in [0.29, 0.717) is 0 Å². The summed E-state index contributed by atoms with van der Waals surface area (Å²) in [6.07, 6.45) is 0.778. The molecule has 144 valence electrons. The molecule has 0 N–H and O–H groups in total. The summed E-state index contributed by atoms with van der Waals surface area (Å²) in [7, 11) is 0. The van der Waals surface area contributed by atoms with Gasteiger partial charge in [0.25, 0.3) is 5.56 Å². The largest absolute Gasteiger partial charge is 0.294 e. The number of aromatic nitrogens is 2. The van der Waals surface area contributed by atoms with Crippen molar-refractivity contribution in [3.8, 4) is 5.69 Å². The van der Waals surface area contributed by atoms with E-state index in [0.717, 1.165) is 28.9 Å². The number of Topliss-reactive ketones (excluding diaryl/α,β-unsaturated/α-hetero) is 1. The van der Waals surface area contributed by atoms with Crippen molar-refractivity contribution in [1.82, 2.24) is 9.78 Å². The van der Waals surface area contributed by atoms with Crippen molar-refractivity contribution in [1.29, 1.82) is 0 Å². The molecule has 0 spiro atoms. The lowest BCUT2D eigenvalue weighted by molar-refractivity contribution is 0.0989. The number of hydrogen-bond acceptors (Lipinski definition) is 3. The quantitative estimate of drug-likeness (QED) is 0.618.